The van der Waals surface area contributed by atoms with Crippen molar-refractivity contribution < 1.29 is 9.53 Å². The van der Waals surface area contributed by atoms with Crippen LogP contribution >= 0.6 is 0 Å². The molecule has 5 heteroatoms. The molecule has 1 aliphatic rings. The number of aromatic nitrogens is 1. The van der Waals surface area contributed by atoms with E-state index in [4.69, 9.17) is 4.74 Å². The van der Waals surface area contributed by atoms with E-state index in [1.807, 2.05) is 31.3 Å². The van der Waals surface area contributed by atoms with Crippen molar-refractivity contribution in [1.82, 2.24) is 14.8 Å². The second kappa shape index (κ2) is 7.70. The highest BCUT2D eigenvalue weighted by molar-refractivity contribution is 5.78. The van der Waals surface area contributed by atoms with Gasteiger partial charge >= 0.3 is 0 Å². The van der Waals surface area contributed by atoms with Crippen molar-refractivity contribution in [3.63, 3.8) is 0 Å². The van der Waals surface area contributed by atoms with E-state index in [-0.39, 0.29) is 5.91 Å². The molecule has 0 aliphatic carbocycles. The van der Waals surface area contributed by atoms with Crippen molar-refractivity contribution in [2.45, 2.75) is 46.4 Å². The Morgan fingerprint density at radius 1 is 1.45 bits per heavy atom. The van der Waals surface area contributed by atoms with Crippen molar-refractivity contribution in [3.8, 4) is 0 Å². The largest absolute Gasteiger partial charge is 0.377 e. The van der Waals surface area contributed by atoms with Gasteiger partial charge in [-0.25, -0.2) is 0 Å². The van der Waals surface area contributed by atoms with Crippen LogP contribution in [-0.4, -0.2) is 53.5 Å². The van der Waals surface area contributed by atoms with Gasteiger partial charge in [-0.05, 0) is 50.9 Å². The molecule has 1 amide bonds. The maximum absolute atomic E-state index is 12.4. The molecule has 22 heavy (non-hydrogen) atoms. The Labute approximate surface area is 133 Å². The molecule has 0 unspecified atom stereocenters. The molecule has 2 heterocycles. The van der Waals surface area contributed by atoms with Gasteiger partial charge in [-0.1, -0.05) is 0 Å². The van der Waals surface area contributed by atoms with Gasteiger partial charge in [-0.15, -0.1) is 0 Å². The van der Waals surface area contributed by atoms with E-state index in [0.29, 0.717) is 32.3 Å². The van der Waals surface area contributed by atoms with Crippen LogP contribution in [0.3, 0.4) is 0 Å². The molecule has 0 fully saturated rings. The number of hydrogen-bond donors (Lipinski definition) is 0. The molecule has 0 saturated carbocycles. The molecule has 1 aromatic heterocycles. The number of nitrogens with zero attached hydrogens (tertiary/aromatic N) is 3. The van der Waals surface area contributed by atoms with Crippen LogP contribution < -0.4 is 0 Å². The van der Waals surface area contributed by atoms with Crippen LogP contribution in [0, 0.1) is 0 Å². The molecule has 1 aromatic rings. The van der Waals surface area contributed by atoms with E-state index in [9.17, 15) is 4.79 Å². The second-order valence-electron chi connectivity index (χ2n) is 6.15. The van der Waals surface area contributed by atoms with Crippen molar-refractivity contribution >= 4 is 5.91 Å². The number of likely N-dealkylation sites (N-methyl/N-ethyl adjacent to an activating group) is 1. The van der Waals surface area contributed by atoms with E-state index in [1.54, 1.807) is 0 Å². The zero-order valence-corrected chi connectivity index (χ0v) is 14.1. The number of fused-ring (bicyclic) bond motifs is 1. The van der Waals surface area contributed by atoms with Crippen LogP contribution in [0.5, 0.6) is 0 Å². The summed E-state index contributed by atoms with van der Waals surface area (Å²) >= 11 is 0. The molecule has 0 saturated heterocycles. The minimum Gasteiger partial charge on any atom is -0.377 e. The summed E-state index contributed by atoms with van der Waals surface area (Å²) in [5, 5.41) is 0. The minimum absolute atomic E-state index is 0.192. The first-order chi connectivity index (χ1) is 10.5. The summed E-state index contributed by atoms with van der Waals surface area (Å²) in [6, 6.07) is 0.375. The van der Waals surface area contributed by atoms with Gasteiger partial charge in [0.1, 0.15) is 0 Å². The number of ether oxygens (including phenoxy) is 1. The lowest BCUT2D eigenvalue weighted by Gasteiger charge is -2.32. The molecular weight excluding hydrogens is 278 g/mol. The van der Waals surface area contributed by atoms with Crippen molar-refractivity contribution in [2.75, 3.05) is 26.7 Å². The average molecular weight is 305 g/mol. The third-order valence-corrected chi connectivity index (χ3v) is 4.31. The topological polar surface area (TPSA) is 45.7 Å². The summed E-state index contributed by atoms with van der Waals surface area (Å²) in [7, 11) is 1.99. The lowest BCUT2D eigenvalue weighted by Crippen LogP contribution is -2.43. The van der Waals surface area contributed by atoms with E-state index >= 15 is 0 Å². The third-order valence-electron chi connectivity index (χ3n) is 4.31. The van der Waals surface area contributed by atoms with Gasteiger partial charge in [0.2, 0.25) is 5.91 Å². The number of hydrogen-bond acceptors (Lipinski definition) is 4. The van der Waals surface area contributed by atoms with Crippen LogP contribution in [0.4, 0.5) is 0 Å². The fraction of sp³-hybridized carbons (Fsp3) is 0.647. The highest BCUT2D eigenvalue weighted by Crippen LogP contribution is 2.22. The van der Waals surface area contributed by atoms with E-state index in [0.717, 1.165) is 24.1 Å². The van der Waals surface area contributed by atoms with Gasteiger partial charge in [-0.2, -0.15) is 0 Å². The summed E-state index contributed by atoms with van der Waals surface area (Å²) < 4.78 is 5.51. The van der Waals surface area contributed by atoms with Gasteiger partial charge in [0.15, 0.2) is 0 Å². The monoisotopic (exact) mass is 305 g/mol. The molecular formula is C17H27N3O2. The average Bonchev–Trinajstić information content (AvgIpc) is 2.51. The third kappa shape index (κ3) is 4.05. The first kappa shape index (κ1) is 16.9. The molecule has 0 aromatic carbocycles. The van der Waals surface area contributed by atoms with Crippen molar-refractivity contribution in [2.24, 2.45) is 0 Å². The van der Waals surface area contributed by atoms with Crippen molar-refractivity contribution in [3.05, 3.63) is 29.1 Å². The summed E-state index contributed by atoms with van der Waals surface area (Å²) in [5.74, 6) is 0.192. The van der Waals surface area contributed by atoms with Crippen LogP contribution in [-0.2, 0) is 29.1 Å². The Balaban J connectivity index is 2.04. The quantitative estimate of drug-likeness (QED) is 0.804. The molecule has 0 atom stereocenters. The molecule has 2 rings (SSSR count). The molecule has 122 valence electrons. The molecule has 1 aliphatic heterocycles. The van der Waals surface area contributed by atoms with Crippen LogP contribution in [0.25, 0.3) is 0 Å². The Hall–Kier alpha value is -1.46. The zero-order chi connectivity index (χ0) is 16.1. The predicted octanol–water partition coefficient (Wildman–Crippen LogP) is 1.84. The number of carbonyl (C=O) groups excluding carboxylic acids is 1. The standard InChI is InChI=1S/C17H27N3O2/c1-5-22-12-15-9-18-8-14-10-20(7-6-16(14)15)17(21)11-19(4)13(2)3/h8-9,13H,5-7,10-12H2,1-4H3. The molecule has 0 bridgehead atoms. The number of amides is 1. The van der Waals surface area contributed by atoms with Crippen LogP contribution in [0.15, 0.2) is 12.4 Å². The molecule has 5 nitrogen and oxygen atoms in total. The smallest absolute Gasteiger partial charge is 0.237 e. The number of rotatable bonds is 6. The Kier molecular flexibility index (Phi) is 5.91. The van der Waals surface area contributed by atoms with Gasteiger partial charge < -0.3 is 9.64 Å². The first-order valence-corrected chi connectivity index (χ1v) is 8.03. The number of carbonyl (C=O) groups is 1. The summed E-state index contributed by atoms with van der Waals surface area (Å²) in [5.41, 5.74) is 3.62. The highest BCUT2D eigenvalue weighted by Gasteiger charge is 2.23. The SMILES string of the molecule is CCOCc1cncc2c1CCN(C(=O)CN(C)C(C)C)C2. The summed E-state index contributed by atoms with van der Waals surface area (Å²) in [4.78, 5) is 20.7. The summed E-state index contributed by atoms with van der Waals surface area (Å²) in [6.07, 6.45) is 4.66. The predicted molar refractivity (Wildman–Crippen MR) is 86.5 cm³/mol. The number of pyridine rings is 1. The Bertz CT molecular complexity index is 517. The first-order valence-electron chi connectivity index (χ1n) is 8.03. The lowest BCUT2D eigenvalue weighted by atomic mass is 9.97. The normalized spacial score (nSPS) is 14.5. The van der Waals surface area contributed by atoms with Crippen LogP contribution in [0.2, 0.25) is 0 Å². The van der Waals surface area contributed by atoms with E-state index < -0.39 is 0 Å². The highest BCUT2D eigenvalue weighted by atomic mass is 16.5. The zero-order valence-electron chi connectivity index (χ0n) is 14.1. The van der Waals surface area contributed by atoms with Crippen LogP contribution in [0.1, 0.15) is 37.5 Å². The second-order valence-corrected chi connectivity index (χ2v) is 6.15. The fourth-order valence-electron chi connectivity index (χ4n) is 2.61. The fourth-order valence-corrected chi connectivity index (χ4v) is 2.61. The maximum Gasteiger partial charge on any atom is 0.237 e. The molecule has 0 N–H and O–H groups in total. The summed E-state index contributed by atoms with van der Waals surface area (Å²) in [6.45, 7) is 9.42. The van der Waals surface area contributed by atoms with E-state index in [2.05, 4.69) is 23.7 Å². The Morgan fingerprint density at radius 3 is 2.91 bits per heavy atom. The maximum atomic E-state index is 12.4. The van der Waals surface area contributed by atoms with E-state index in [1.165, 1.54) is 5.56 Å². The van der Waals surface area contributed by atoms with Gasteiger partial charge in [0, 0.05) is 38.1 Å². The molecule has 0 radical (unpaired) electrons. The Morgan fingerprint density at radius 2 is 2.23 bits per heavy atom. The van der Waals surface area contributed by atoms with Crippen molar-refractivity contribution in [1.29, 1.82) is 0 Å². The minimum atomic E-state index is 0.192. The van der Waals surface area contributed by atoms with Gasteiger partial charge in [0.25, 0.3) is 0 Å². The lowest BCUT2D eigenvalue weighted by molar-refractivity contribution is -0.133. The van der Waals surface area contributed by atoms with Gasteiger partial charge in [-0.3, -0.25) is 14.7 Å². The molecule has 0 spiro atoms. The van der Waals surface area contributed by atoms with Gasteiger partial charge in [0.05, 0.1) is 13.2 Å².